The molecule has 1 aromatic heterocycles. The van der Waals surface area contributed by atoms with Gasteiger partial charge in [-0.05, 0) is 35.0 Å². The van der Waals surface area contributed by atoms with Crippen molar-refractivity contribution in [3.05, 3.63) is 74.4 Å². The van der Waals surface area contributed by atoms with Crippen LogP contribution in [0.1, 0.15) is 30.2 Å². The lowest BCUT2D eigenvalue weighted by Gasteiger charge is -2.10. The molecule has 22 heavy (non-hydrogen) atoms. The molecule has 4 heteroatoms. The number of hydrogen-bond donors (Lipinski definition) is 2. The summed E-state index contributed by atoms with van der Waals surface area (Å²) in [6.45, 7) is 2.07. The van der Waals surface area contributed by atoms with Crippen molar-refractivity contribution in [1.29, 1.82) is 0 Å². The Morgan fingerprint density at radius 3 is 2.64 bits per heavy atom. The van der Waals surface area contributed by atoms with Gasteiger partial charge >= 0.3 is 0 Å². The van der Waals surface area contributed by atoms with Gasteiger partial charge in [-0.1, -0.05) is 55.8 Å². The molecule has 0 bridgehead atoms. The van der Waals surface area contributed by atoms with Crippen LogP contribution >= 0.6 is 12.2 Å². The maximum absolute atomic E-state index is 12.2. The number of rotatable bonds is 4. The summed E-state index contributed by atoms with van der Waals surface area (Å²) in [6, 6.07) is 14.6. The molecule has 1 heterocycles. The lowest BCUT2D eigenvalue weighted by atomic mass is 9.98. The minimum absolute atomic E-state index is 0.0687. The molecule has 0 aliphatic heterocycles. The largest absolute Gasteiger partial charge is 0.335 e. The predicted octanol–water partition coefficient (Wildman–Crippen LogP) is 4.13. The van der Waals surface area contributed by atoms with Crippen molar-refractivity contribution < 1.29 is 0 Å². The molecule has 0 amide bonds. The topological polar surface area (TPSA) is 48.6 Å². The van der Waals surface area contributed by atoms with Crippen LogP contribution in [-0.4, -0.2) is 9.97 Å². The number of nitrogens with one attached hydrogen (secondary N) is 2. The molecule has 0 saturated carbocycles. The first-order valence-electron chi connectivity index (χ1n) is 7.50. The van der Waals surface area contributed by atoms with Crippen LogP contribution in [0.25, 0.3) is 10.8 Å². The second-order valence-electron chi connectivity index (χ2n) is 5.43. The summed E-state index contributed by atoms with van der Waals surface area (Å²) in [5, 5.41) is 2.42. The van der Waals surface area contributed by atoms with Gasteiger partial charge in [0.15, 0.2) is 4.77 Å². The Labute approximate surface area is 134 Å². The van der Waals surface area contributed by atoms with Crippen LogP contribution in [-0.2, 0) is 12.8 Å². The fourth-order valence-corrected chi connectivity index (χ4v) is 3.08. The molecule has 2 aromatic carbocycles. The van der Waals surface area contributed by atoms with Crippen molar-refractivity contribution in [3.8, 4) is 0 Å². The molecule has 0 aliphatic rings. The van der Waals surface area contributed by atoms with E-state index in [0.29, 0.717) is 11.2 Å². The van der Waals surface area contributed by atoms with Gasteiger partial charge in [-0.25, -0.2) is 0 Å². The quantitative estimate of drug-likeness (QED) is 0.712. The van der Waals surface area contributed by atoms with Crippen LogP contribution in [0.2, 0.25) is 0 Å². The van der Waals surface area contributed by atoms with Crippen LogP contribution in [0, 0.1) is 4.77 Å². The van der Waals surface area contributed by atoms with E-state index in [1.165, 1.54) is 16.3 Å². The number of benzene rings is 2. The monoisotopic (exact) mass is 310 g/mol. The predicted molar refractivity (Wildman–Crippen MR) is 93.0 cm³/mol. The van der Waals surface area contributed by atoms with E-state index >= 15 is 0 Å². The number of hydrogen-bond acceptors (Lipinski definition) is 2. The zero-order chi connectivity index (χ0) is 15.5. The lowest BCUT2D eigenvalue weighted by Crippen LogP contribution is -2.18. The molecule has 0 fully saturated rings. The molecular formula is C18H18N2OS. The first-order valence-corrected chi connectivity index (χ1v) is 7.91. The van der Waals surface area contributed by atoms with Gasteiger partial charge in [0, 0.05) is 17.7 Å². The molecule has 0 spiro atoms. The summed E-state index contributed by atoms with van der Waals surface area (Å²) in [5.74, 6) is 0. The van der Waals surface area contributed by atoms with E-state index in [1.54, 1.807) is 0 Å². The van der Waals surface area contributed by atoms with Crippen molar-refractivity contribution in [1.82, 2.24) is 9.97 Å². The third-order valence-electron chi connectivity index (χ3n) is 3.88. The van der Waals surface area contributed by atoms with E-state index in [4.69, 9.17) is 12.2 Å². The summed E-state index contributed by atoms with van der Waals surface area (Å²) < 4.78 is 0.389. The number of aromatic amines is 2. The van der Waals surface area contributed by atoms with Crippen molar-refractivity contribution in [3.63, 3.8) is 0 Å². The molecule has 0 unspecified atom stereocenters. The van der Waals surface area contributed by atoms with E-state index in [-0.39, 0.29) is 5.56 Å². The molecule has 0 radical (unpaired) electrons. The van der Waals surface area contributed by atoms with Gasteiger partial charge in [-0.3, -0.25) is 9.78 Å². The van der Waals surface area contributed by atoms with Crippen molar-refractivity contribution in [2.75, 3.05) is 0 Å². The molecule has 112 valence electrons. The second kappa shape index (κ2) is 6.28. The smallest absolute Gasteiger partial charge is 0.255 e. The number of fused-ring (bicyclic) bond motifs is 1. The van der Waals surface area contributed by atoms with Gasteiger partial charge in [-0.15, -0.1) is 0 Å². The minimum Gasteiger partial charge on any atom is -0.335 e. The van der Waals surface area contributed by atoms with Gasteiger partial charge in [0.25, 0.3) is 5.56 Å². The van der Waals surface area contributed by atoms with E-state index in [9.17, 15) is 4.79 Å². The van der Waals surface area contributed by atoms with Crippen LogP contribution in [0.15, 0.2) is 47.3 Å². The minimum atomic E-state index is -0.0687. The average molecular weight is 310 g/mol. The molecule has 2 N–H and O–H groups in total. The van der Waals surface area contributed by atoms with Gasteiger partial charge in [0.05, 0.1) is 0 Å². The number of aromatic nitrogens is 2. The van der Waals surface area contributed by atoms with Crippen LogP contribution in [0.5, 0.6) is 0 Å². The van der Waals surface area contributed by atoms with Crippen molar-refractivity contribution in [2.45, 2.75) is 26.2 Å². The lowest BCUT2D eigenvalue weighted by molar-refractivity contribution is 0.845. The summed E-state index contributed by atoms with van der Waals surface area (Å²) in [5.41, 5.74) is 2.86. The number of H-pyrrole nitrogens is 2. The second-order valence-corrected chi connectivity index (χ2v) is 5.84. The Morgan fingerprint density at radius 2 is 1.82 bits per heavy atom. The van der Waals surface area contributed by atoms with Gasteiger partial charge in [0.2, 0.25) is 0 Å². The zero-order valence-corrected chi connectivity index (χ0v) is 13.3. The van der Waals surface area contributed by atoms with Crippen LogP contribution < -0.4 is 5.56 Å². The van der Waals surface area contributed by atoms with Gasteiger partial charge in [0.1, 0.15) is 0 Å². The molecule has 3 rings (SSSR count). The highest BCUT2D eigenvalue weighted by molar-refractivity contribution is 7.71. The van der Waals surface area contributed by atoms with E-state index in [1.807, 2.05) is 12.1 Å². The van der Waals surface area contributed by atoms with E-state index in [0.717, 1.165) is 24.1 Å². The third-order valence-corrected chi connectivity index (χ3v) is 4.08. The first-order chi connectivity index (χ1) is 10.7. The highest BCUT2D eigenvalue weighted by Gasteiger charge is 2.10. The highest BCUT2D eigenvalue weighted by Crippen LogP contribution is 2.21. The van der Waals surface area contributed by atoms with Crippen LogP contribution in [0.4, 0.5) is 0 Å². The molecule has 0 aliphatic carbocycles. The molecule has 3 aromatic rings. The Hall–Kier alpha value is -2.20. The molecule has 3 nitrogen and oxygen atoms in total. The standard InChI is InChI=1S/C18H18N2OS/c1-2-6-15-16(19-18(22)20-17(15)21)11-13-9-5-8-12-7-3-4-10-14(12)13/h3-5,7-10H,2,6,11H2,1H3,(H2,19,20,21,22). The fourth-order valence-electron chi connectivity index (χ4n) is 2.86. The van der Waals surface area contributed by atoms with Crippen molar-refractivity contribution in [2.24, 2.45) is 0 Å². The maximum Gasteiger partial charge on any atom is 0.255 e. The highest BCUT2D eigenvalue weighted by atomic mass is 32.1. The Balaban J connectivity index is 2.13. The SMILES string of the molecule is CCCc1c(Cc2cccc3ccccc23)[nH]c(=S)[nH]c1=O. The summed E-state index contributed by atoms with van der Waals surface area (Å²) in [7, 11) is 0. The van der Waals surface area contributed by atoms with Gasteiger partial charge in [-0.2, -0.15) is 0 Å². The fraction of sp³-hybridized carbons (Fsp3) is 0.222. The first kappa shape index (κ1) is 14.7. The Bertz CT molecular complexity index is 919. The van der Waals surface area contributed by atoms with Gasteiger partial charge < -0.3 is 4.98 Å². The summed E-state index contributed by atoms with van der Waals surface area (Å²) in [4.78, 5) is 18.0. The normalized spacial score (nSPS) is 11.0. The van der Waals surface area contributed by atoms with E-state index in [2.05, 4.69) is 47.2 Å². The molecule has 0 atom stereocenters. The van der Waals surface area contributed by atoms with Crippen LogP contribution in [0.3, 0.4) is 0 Å². The third kappa shape index (κ3) is 2.88. The molecule has 0 saturated heterocycles. The summed E-state index contributed by atoms with van der Waals surface area (Å²) >= 11 is 5.13. The maximum atomic E-state index is 12.2. The summed E-state index contributed by atoms with van der Waals surface area (Å²) in [6.07, 6.45) is 2.36. The average Bonchev–Trinajstić information content (AvgIpc) is 2.51. The van der Waals surface area contributed by atoms with Crippen molar-refractivity contribution >= 4 is 23.0 Å². The van der Waals surface area contributed by atoms with E-state index < -0.39 is 0 Å². The zero-order valence-electron chi connectivity index (χ0n) is 12.5. The Morgan fingerprint density at radius 1 is 1.05 bits per heavy atom. The Kier molecular flexibility index (Phi) is 4.20. The molecular weight excluding hydrogens is 292 g/mol.